The second-order valence-electron chi connectivity index (χ2n) is 6.80. The topological polar surface area (TPSA) is 75.5 Å². The van der Waals surface area contributed by atoms with E-state index in [1.165, 1.54) is 17.7 Å². The van der Waals surface area contributed by atoms with Crippen LogP contribution >= 0.6 is 11.6 Å². The van der Waals surface area contributed by atoms with Gasteiger partial charge >= 0.3 is 0 Å². The second-order valence-corrected chi connectivity index (χ2v) is 7.21. The van der Waals surface area contributed by atoms with Crippen LogP contribution in [0.2, 0.25) is 5.02 Å². The summed E-state index contributed by atoms with van der Waals surface area (Å²) in [5.41, 5.74) is 3.17. The number of anilines is 2. The van der Waals surface area contributed by atoms with Crippen molar-refractivity contribution in [2.75, 3.05) is 16.8 Å². The fraction of sp³-hybridized carbons (Fsp3) is 0.136. The molecule has 4 rings (SSSR count). The number of fused-ring (bicyclic) bond motifs is 1. The highest BCUT2D eigenvalue weighted by atomic mass is 35.5. The maximum Gasteiger partial charge on any atom is 0.289 e. The lowest BCUT2D eigenvalue weighted by molar-refractivity contribution is -0.384. The number of nitrogens with one attached hydrogen (secondary N) is 1. The van der Waals surface area contributed by atoms with Crippen LogP contribution in [0.4, 0.5) is 17.1 Å². The van der Waals surface area contributed by atoms with Crippen LogP contribution in [0.3, 0.4) is 0 Å². The molecule has 3 aromatic carbocycles. The summed E-state index contributed by atoms with van der Waals surface area (Å²) in [6.07, 6.45) is 0.860. The number of amides is 1. The average Bonchev–Trinajstić information content (AvgIpc) is 3.14. The number of rotatable bonds is 5. The number of hydrogen-bond acceptors (Lipinski definition) is 4. The van der Waals surface area contributed by atoms with Gasteiger partial charge in [0.25, 0.3) is 11.6 Å². The van der Waals surface area contributed by atoms with Gasteiger partial charge in [-0.25, -0.2) is 0 Å². The zero-order valence-electron chi connectivity index (χ0n) is 15.4. The third-order valence-electron chi connectivity index (χ3n) is 5.01. The van der Waals surface area contributed by atoms with E-state index in [4.69, 9.17) is 11.6 Å². The Labute approximate surface area is 172 Å². The molecule has 1 N–H and O–H groups in total. The van der Waals surface area contributed by atoms with Gasteiger partial charge in [0.05, 0.1) is 4.92 Å². The first-order chi connectivity index (χ1) is 14.0. The summed E-state index contributed by atoms with van der Waals surface area (Å²) in [5.74, 6) is -0.260. The SMILES string of the molecule is O=C(Nc1ccc(Cl)c([N+](=O)[O-])c1)[C@H](c1ccccc1)N1CCc2ccccc21. The largest absolute Gasteiger partial charge is 0.355 e. The predicted octanol–water partition coefficient (Wildman–Crippen LogP) is 4.99. The Balaban J connectivity index is 1.68. The lowest BCUT2D eigenvalue weighted by atomic mass is 10.0. The fourth-order valence-corrected chi connectivity index (χ4v) is 3.87. The molecule has 1 aliphatic heterocycles. The van der Waals surface area contributed by atoms with Crippen molar-refractivity contribution < 1.29 is 9.72 Å². The van der Waals surface area contributed by atoms with Gasteiger partial charge in [-0.05, 0) is 35.7 Å². The minimum Gasteiger partial charge on any atom is -0.355 e. The molecule has 0 unspecified atom stereocenters. The summed E-state index contributed by atoms with van der Waals surface area (Å²) in [6.45, 7) is 0.715. The molecule has 0 aromatic heterocycles. The molecule has 1 aliphatic rings. The van der Waals surface area contributed by atoms with Crippen LogP contribution in [0.1, 0.15) is 17.2 Å². The van der Waals surface area contributed by atoms with Gasteiger partial charge in [-0.3, -0.25) is 14.9 Å². The molecule has 0 bridgehead atoms. The normalized spacial score (nSPS) is 13.6. The van der Waals surface area contributed by atoms with Crippen LogP contribution in [0, 0.1) is 10.1 Å². The van der Waals surface area contributed by atoms with Gasteiger partial charge in [0, 0.05) is 24.0 Å². The number of benzene rings is 3. The minimum absolute atomic E-state index is 0.0288. The minimum atomic E-state index is -0.566. The van der Waals surface area contributed by atoms with Gasteiger partial charge in [-0.15, -0.1) is 0 Å². The summed E-state index contributed by atoms with van der Waals surface area (Å²) >= 11 is 5.88. The Morgan fingerprint density at radius 3 is 2.55 bits per heavy atom. The second kappa shape index (κ2) is 7.93. The van der Waals surface area contributed by atoms with Crippen LogP contribution in [-0.2, 0) is 11.2 Å². The molecular weight excluding hydrogens is 390 g/mol. The maximum absolute atomic E-state index is 13.3. The molecule has 1 atom stereocenters. The molecule has 0 saturated heterocycles. The zero-order chi connectivity index (χ0) is 20.4. The Hall–Kier alpha value is -3.38. The fourth-order valence-electron chi connectivity index (χ4n) is 3.68. The van der Waals surface area contributed by atoms with Crippen molar-refractivity contribution in [2.24, 2.45) is 0 Å². The van der Waals surface area contributed by atoms with Crippen LogP contribution in [-0.4, -0.2) is 17.4 Å². The van der Waals surface area contributed by atoms with Gasteiger partial charge in [0.1, 0.15) is 11.1 Å². The molecule has 7 heteroatoms. The number of carbonyl (C=O) groups excluding carboxylic acids is 1. The van der Waals surface area contributed by atoms with Crippen molar-refractivity contribution in [3.05, 3.63) is 99.1 Å². The molecule has 0 aliphatic carbocycles. The van der Waals surface area contributed by atoms with E-state index in [-0.39, 0.29) is 16.6 Å². The van der Waals surface area contributed by atoms with Gasteiger partial charge in [-0.1, -0.05) is 60.1 Å². The van der Waals surface area contributed by atoms with E-state index in [0.717, 1.165) is 17.7 Å². The molecule has 6 nitrogen and oxygen atoms in total. The summed E-state index contributed by atoms with van der Waals surface area (Å²) in [5, 5.41) is 14.0. The molecular formula is C22H18ClN3O3. The van der Waals surface area contributed by atoms with E-state index in [1.807, 2.05) is 48.5 Å². The molecule has 1 heterocycles. The first kappa shape index (κ1) is 19.0. The molecule has 3 aromatic rings. The smallest absolute Gasteiger partial charge is 0.289 e. The predicted molar refractivity (Wildman–Crippen MR) is 113 cm³/mol. The highest BCUT2D eigenvalue weighted by Gasteiger charge is 2.32. The highest BCUT2D eigenvalue weighted by Crippen LogP contribution is 2.36. The third kappa shape index (κ3) is 3.79. The highest BCUT2D eigenvalue weighted by molar-refractivity contribution is 6.32. The third-order valence-corrected chi connectivity index (χ3v) is 5.33. The molecule has 0 spiro atoms. The van der Waals surface area contributed by atoms with Gasteiger partial charge in [-0.2, -0.15) is 0 Å². The van der Waals surface area contributed by atoms with E-state index >= 15 is 0 Å². The first-order valence-electron chi connectivity index (χ1n) is 9.19. The van der Waals surface area contributed by atoms with E-state index in [0.29, 0.717) is 12.2 Å². The van der Waals surface area contributed by atoms with Crippen LogP contribution in [0.15, 0.2) is 72.8 Å². The molecule has 146 valence electrons. The van der Waals surface area contributed by atoms with E-state index in [2.05, 4.69) is 16.3 Å². The lowest BCUT2D eigenvalue weighted by Gasteiger charge is -2.30. The molecule has 0 saturated carbocycles. The molecule has 0 fully saturated rings. The molecule has 29 heavy (non-hydrogen) atoms. The average molecular weight is 408 g/mol. The first-order valence-corrected chi connectivity index (χ1v) is 9.56. The summed E-state index contributed by atoms with van der Waals surface area (Å²) < 4.78 is 0. The summed E-state index contributed by atoms with van der Waals surface area (Å²) in [7, 11) is 0. The van der Waals surface area contributed by atoms with E-state index < -0.39 is 11.0 Å². The van der Waals surface area contributed by atoms with Crippen LogP contribution in [0.5, 0.6) is 0 Å². The van der Waals surface area contributed by atoms with Crippen molar-refractivity contribution in [2.45, 2.75) is 12.5 Å². The number of nitro benzene ring substituents is 1. The number of para-hydroxylation sites is 1. The number of hydrogen-bond donors (Lipinski definition) is 1. The van der Waals surface area contributed by atoms with Crippen molar-refractivity contribution in [3.63, 3.8) is 0 Å². The van der Waals surface area contributed by atoms with Gasteiger partial charge < -0.3 is 10.2 Å². The number of halogens is 1. The zero-order valence-corrected chi connectivity index (χ0v) is 16.2. The van der Waals surface area contributed by atoms with E-state index in [1.54, 1.807) is 6.07 Å². The summed E-state index contributed by atoms with van der Waals surface area (Å²) in [4.78, 5) is 26.0. The van der Waals surface area contributed by atoms with E-state index in [9.17, 15) is 14.9 Å². The molecule has 1 amide bonds. The molecule has 0 radical (unpaired) electrons. The van der Waals surface area contributed by atoms with Crippen LogP contribution < -0.4 is 10.2 Å². The maximum atomic E-state index is 13.3. The van der Waals surface area contributed by atoms with Gasteiger partial charge in [0.2, 0.25) is 0 Å². The van der Waals surface area contributed by atoms with Crippen LogP contribution in [0.25, 0.3) is 0 Å². The number of nitro groups is 1. The Morgan fingerprint density at radius 1 is 1.07 bits per heavy atom. The number of carbonyl (C=O) groups is 1. The monoisotopic (exact) mass is 407 g/mol. The van der Waals surface area contributed by atoms with Crippen molar-refractivity contribution in [1.29, 1.82) is 0 Å². The van der Waals surface area contributed by atoms with Crippen molar-refractivity contribution >= 4 is 34.6 Å². The van der Waals surface area contributed by atoms with Crippen molar-refractivity contribution in [1.82, 2.24) is 0 Å². The quantitative estimate of drug-likeness (QED) is 0.477. The number of nitrogens with zero attached hydrogens (tertiary/aromatic N) is 2. The lowest BCUT2D eigenvalue weighted by Crippen LogP contribution is -2.36. The Kier molecular flexibility index (Phi) is 5.18. The van der Waals surface area contributed by atoms with Crippen molar-refractivity contribution in [3.8, 4) is 0 Å². The Morgan fingerprint density at radius 2 is 1.79 bits per heavy atom. The van der Waals surface area contributed by atoms with Gasteiger partial charge in [0.15, 0.2) is 0 Å². The standard InChI is InChI=1S/C22H18ClN3O3/c23-18-11-10-17(14-20(18)26(28)29)24-22(27)21(16-7-2-1-3-8-16)25-13-12-15-6-4-5-9-19(15)25/h1-11,14,21H,12-13H2,(H,24,27)/t21-/m0/s1. The Bertz CT molecular complexity index is 1070. The summed E-state index contributed by atoms with van der Waals surface area (Å²) in [6, 6.07) is 21.2.